The highest BCUT2D eigenvalue weighted by Gasteiger charge is 2.55. The summed E-state index contributed by atoms with van der Waals surface area (Å²) < 4.78 is 11.3. The molecule has 2 aliphatic rings. The van der Waals surface area contributed by atoms with Crippen LogP contribution in [0, 0.1) is 6.92 Å². The van der Waals surface area contributed by atoms with Crippen LogP contribution in [-0.4, -0.2) is 34.8 Å². The second-order valence-corrected chi connectivity index (χ2v) is 9.84. The maximum atomic E-state index is 13.6. The summed E-state index contributed by atoms with van der Waals surface area (Å²) in [5.41, 5.74) is -0.238. The predicted octanol–water partition coefficient (Wildman–Crippen LogP) is 4.96. The first-order chi connectivity index (χ1) is 18.0. The highest BCUT2D eigenvalue weighted by molar-refractivity contribution is 6.35. The average Bonchev–Trinajstić information content (AvgIpc) is 3.16. The van der Waals surface area contributed by atoms with Crippen LogP contribution in [0.3, 0.4) is 0 Å². The number of allylic oxidation sites excluding steroid dienone is 3. The van der Waals surface area contributed by atoms with Crippen LogP contribution in [0.5, 0.6) is 17.2 Å². The zero-order chi connectivity index (χ0) is 27.5. The van der Waals surface area contributed by atoms with E-state index in [9.17, 15) is 24.6 Å². The van der Waals surface area contributed by atoms with Gasteiger partial charge in [-0.2, -0.15) is 0 Å². The van der Waals surface area contributed by atoms with Gasteiger partial charge in [-0.3, -0.25) is 14.4 Å². The first-order valence-electron chi connectivity index (χ1n) is 11.8. The van der Waals surface area contributed by atoms with Crippen molar-refractivity contribution in [3.8, 4) is 17.2 Å². The predicted molar refractivity (Wildman–Crippen MR) is 141 cm³/mol. The number of aliphatic hydroxyl groups excluding tert-OH is 1. The second kappa shape index (κ2) is 8.92. The Balaban J connectivity index is 1.59. The molecule has 0 saturated carbocycles. The Morgan fingerprint density at radius 2 is 1.89 bits per heavy atom. The van der Waals surface area contributed by atoms with E-state index < -0.39 is 34.2 Å². The maximum absolute atomic E-state index is 13.6. The number of ether oxygens (including phenoxy) is 2. The normalized spacial score (nSPS) is 18.0. The SMILES string of the molecule is COc1cc(O)c2c(c1C(=O)NCc1c(C)ccc3c(Cl)cccc13)OC1=CC(O)=C(C(C)=O)C(=O)[C@]12C. The molecular formula is C29H24ClNO7. The lowest BCUT2D eigenvalue weighted by molar-refractivity contribution is -0.123. The van der Waals surface area contributed by atoms with Crippen molar-refractivity contribution < 1.29 is 34.1 Å². The van der Waals surface area contributed by atoms with E-state index in [2.05, 4.69) is 5.32 Å². The maximum Gasteiger partial charge on any atom is 0.259 e. The van der Waals surface area contributed by atoms with Crippen molar-refractivity contribution in [2.45, 2.75) is 32.7 Å². The molecular weight excluding hydrogens is 510 g/mol. The Labute approximate surface area is 223 Å². The number of hydrogen-bond donors (Lipinski definition) is 3. The van der Waals surface area contributed by atoms with Gasteiger partial charge in [-0.05, 0) is 43.4 Å². The van der Waals surface area contributed by atoms with Crippen LogP contribution in [0.4, 0.5) is 0 Å². The number of methoxy groups -OCH3 is 1. The van der Waals surface area contributed by atoms with E-state index in [4.69, 9.17) is 21.1 Å². The van der Waals surface area contributed by atoms with E-state index in [-0.39, 0.29) is 40.7 Å². The fourth-order valence-corrected chi connectivity index (χ4v) is 5.44. The number of ketones is 2. The van der Waals surface area contributed by atoms with Crippen LogP contribution >= 0.6 is 11.6 Å². The van der Waals surface area contributed by atoms with Gasteiger partial charge in [0.1, 0.15) is 39.6 Å². The Bertz CT molecular complexity index is 1650. The number of nitrogens with one attached hydrogen (secondary N) is 1. The Hall–Kier alpha value is -4.30. The van der Waals surface area contributed by atoms with Gasteiger partial charge < -0.3 is 25.0 Å². The van der Waals surface area contributed by atoms with E-state index in [1.54, 1.807) is 6.07 Å². The number of aliphatic hydroxyl groups is 1. The summed E-state index contributed by atoms with van der Waals surface area (Å²) in [6, 6.07) is 10.6. The van der Waals surface area contributed by atoms with Crippen molar-refractivity contribution in [3.05, 3.63) is 86.8 Å². The lowest BCUT2D eigenvalue weighted by Crippen LogP contribution is -2.38. The first kappa shape index (κ1) is 25.4. The molecule has 38 heavy (non-hydrogen) atoms. The number of fused-ring (bicyclic) bond motifs is 4. The number of aromatic hydroxyl groups is 1. The second-order valence-electron chi connectivity index (χ2n) is 9.44. The minimum Gasteiger partial charge on any atom is -0.507 e. The number of phenolic OH excluding ortho intramolecular Hbond substituents is 1. The van der Waals surface area contributed by atoms with Crippen molar-refractivity contribution >= 4 is 39.8 Å². The molecule has 1 amide bonds. The van der Waals surface area contributed by atoms with Gasteiger partial charge in [-0.15, -0.1) is 0 Å². The van der Waals surface area contributed by atoms with Crippen molar-refractivity contribution in [1.82, 2.24) is 5.32 Å². The van der Waals surface area contributed by atoms with E-state index >= 15 is 0 Å². The Kier molecular flexibility index (Phi) is 5.95. The van der Waals surface area contributed by atoms with Gasteiger partial charge in [-0.1, -0.05) is 35.9 Å². The van der Waals surface area contributed by atoms with Crippen LogP contribution in [0.1, 0.15) is 40.9 Å². The Morgan fingerprint density at radius 3 is 2.58 bits per heavy atom. The minimum atomic E-state index is -1.63. The van der Waals surface area contributed by atoms with Gasteiger partial charge in [0.2, 0.25) is 0 Å². The molecule has 0 bridgehead atoms. The molecule has 0 fully saturated rings. The average molecular weight is 534 g/mol. The third-order valence-electron chi connectivity index (χ3n) is 7.21. The molecule has 0 saturated heterocycles. The van der Waals surface area contributed by atoms with Crippen molar-refractivity contribution in [2.75, 3.05) is 7.11 Å². The molecule has 194 valence electrons. The lowest BCUT2D eigenvalue weighted by atomic mass is 9.71. The van der Waals surface area contributed by atoms with Crippen molar-refractivity contribution in [2.24, 2.45) is 0 Å². The van der Waals surface area contributed by atoms with Crippen LogP contribution in [0.25, 0.3) is 10.8 Å². The topological polar surface area (TPSA) is 122 Å². The summed E-state index contributed by atoms with van der Waals surface area (Å²) in [5.74, 6) is -2.91. The number of Topliss-reactive ketones (excluding diaryl/α,β-unsaturated/α-hetero) is 2. The quantitative estimate of drug-likeness (QED) is 0.396. The Morgan fingerprint density at radius 1 is 1.16 bits per heavy atom. The standard InChI is InChI=1S/C29H24ClNO7/c1-13-8-9-16-15(6-5-7-18(16)30)17(13)12-31-28(36)24-21(37-4)10-20(34)25-26(24)38-22-11-19(33)23(14(2)32)27(35)29(22,25)3/h5-11,33-34H,12H2,1-4H3,(H,31,36)/t29-/m1/s1. The summed E-state index contributed by atoms with van der Waals surface area (Å²) in [4.78, 5) is 39.2. The van der Waals surface area contributed by atoms with Crippen LogP contribution in [-0.2, 0) is 21.5 Å². The number of carbonyl (C=O) groups is 3. The minimum absolute atomic E-state index is 0.0130. The number of halogens is 1. The summed E-state index contributed by atoms with van der Waals surface area (Å²) in [6.45, 7) is 4.72. The summed E-state index contributed by atoms with van der Waals surface area (Å²) in [7, 11) is 1.34. The van der Waals surface area contributed by atoms with Crippen LogP contribution in [0.2, 0.25) is 5.02 Å². The monoisotopic (exact) mass is 533 g/mol. The number of hydrogen-bond acceptors (Lipinski definition) is 7. The van der Waals surface area contributed by atoms with Gasteiger partial charge in [0.05, 0.1) is 12.7 Å². The highest BCUT2D eigenvalue weighted by atomic mass is 35.5. The number of benzene rings is 3. The fourth-order valence-electron chi connectivity index (χ4n) is 5.20. The molecule has 8 nitrogen and oxygen atoms in total. The van der Waals surface area contributed by atoms with Crippen LogP contribution in [0.15, 0.2) is 59.6 Å². The van der Waals surface area contributed by atoms with Gasteiger partial charge in [0.15, 0.2) is 17.3 Å². The molecule has 3 aromatic rings. The summed E-state index contributed by atoms with van der Waals surface area (Å²) >= 11 is 6.36. The molecule has 1 atom stereocenters. The number of carbonyl (C=O) groups excluding carboxylic acids is 3. The largest absolute Gasteiger partial charge is 0.507 e. The van der Waals surface area contributed by atoms with Gasteiger partial charge in [-0.25, -0.2) is 0 Å². The van der Waals surface area contributed by atoms with Gasteiger partial charge in [0, 0.05) is 29.1 Å². The molecule has 1 heterocycles. The highest BCUT2D eigenvalue weighted by Crippen LogP contribution is 2.56. The van der Waals surface area contributed by atoms with Gasteiger partial charge in [0.25, 0.3) is 5.91 Å². The smallest absolute Gasteiger partial charge is 0.259 e. The van der Waals surface area contributed by atoms with E-state index in [1.807, 2.05) is 31.2 Å². The van der Waals surface area contributed by atoms with Crippen LogP contribution < -0.4 is 14.8 Å². The molecule has 0 unspecified atom stereocenters. The molecule has 1 aliphatic heterocycles. The number of phenols is 1. The fraction of sp³-hybridized carbons (Fsp3) is 0.207. The summed E-state index contributed by atoms with van der Waals surface area (Å²) in [6.07, 6.45) is 1.16. The molecule has 0 spiro atoms. The van der Waals surface area contributed by atoms with Crippen molar-refractivity contribution in [1.29, 1.82) is 0 Å². The van der Waals surface area contributed by atoms with E-state index in [0.29, 0.717) is 5.02 Å². The molecule has 1 aliphatic carbocycles. The molecule has 0 radical (unpaired) electrons. The van der Waals surface area contributed by atoms with E-state index in [0.717, 1.165) is 34.9 Å². The number of amides is 1. The number of rotatable bonds is 5. The first-order valence-corrected chi connectivity index (χ1v) is 12.2. The molecule has 9 heteroatoms. The number of aryl methyl sites for hydroxylation is 1. The third-order valence-corrected chi connectivity index (χ3v) is 7.54. The molecule has 5 rings (SSSR count). The summed E-state index contributed by atoms with van der Waals surface area (Å²) in [5, 5.41) is 26.5. The molecule has 3 aromatic carbocycles. The van der Waals surface area contributed by atoms with Crippen molar-refractivity contribution in [3.63, 3.8) is 0 Å². The zero-order valence-corrected chi connectivity index (χ0v) is 21.8. The molecule has 0 aromatic heterocycles. The lowest BCUT2D eigenvalue weighted by Gasteiger charge is -2.27. The van der Waals surface area contributed by atoms with Gasteiger partial charge >= 0.3 is 0 Å². The zero-order valence-electron chi connectivity index (χ0n) is 21.1. The third kappa shape index (κ3) is 3.55. The van der Waals surface area contributed by atoms with E-state index in [1.165, 1.54) is 20.1 Å². The molecule has 3 N–H and O–H groups in total.